The Kier molecular flexibility index (Phi) is 5.22. The van der Waals surface area contributed by atoms with Gasteiger partial charge in [-0.25, -0.2) is 0 Å². The van der Waals surface area contributed by atoms with Crippen molar-refractivity contribution in [3.8, 4) is 0 Å². The Morgan fingerprint density at radius 2 is 1.82 bits per heavy atom. The van der Waals surface area contributed by atoms with Crippen LogP contribution < -0.4 is 10.6 Å². The highest BCUT2D eigenvalue weighted by atomic mass is 35.5. The summed E-state index contributed by atoms with van der Waals surface area (Å²) in [4.78, 5) is 23.8. The number of nitrogens with one attached hydrogen (secondary N) is 2. The van der Waals surface area contributed by atoms with Gasteiger partial charge in [0.1, 0.15) is 0 Å². The first-order valence-electron chi connectivity index (χ1n) is 6.97. The van der Waals surface area contributed by atoms with Crippen molar-refractivity contribution in [1.82, 2.24) is 5.32 Å². The van der Waals surface area contributed by atoms with E-state index in [0.29, 0.717) is 11.3 Å². The van der Waals surface area contributed by atoms with Crippen LogP contribution in [0.2, 0.25) is 5.22 Å². The van der Waals surface area contributed by atoms with Crippen molar-refractivity contribution in [2.75, 3.05) is 5.32 Å². The monoisotopic (exact) mass is 320 g/mol. The molecule has 1 unspecified atom stereocenters. The summed E-state index contributed by atoms with van der Waals surface area (Å²) in [6, 6.07) is 9.74. The lowest BCUT2D eigenvalue weighted by atomic mass is 10.1. The Hall–Kier alpha value is -2.27. The molecule has 5 nitrogen and oxygen atoms in total. The molecule has 0 radical (unpaired) electrons. The minimum absolute atomic E-state index is 0.121. The number of hydrogen-bond acceptors (Lipinski definition) is 3. The van der Waals surface area contributed by atoms with Crippen LogP contribution in [-0.4, -0.2) is 17.9 Å². The number of halogens is 1. The van der Waals surface area contributed by atoms with Gasteiger partial charge in [0.25, 0.3) is 11.8 Å². The number of carbonyl (C=O) groups is 2. The second kappa shape index (κ2) is 7.13. The molecule has 0 saturated carbocycles. The van der Waals surface area contributed by atoms with E-state index in [2.05, 4.69) is 10.6 Å². The van der Waals surface area contributed by atoms with Gasteiger partial charge in [-0.1, -0.05) is 6.92 Å². The summed E-state index contributed by atoms with van der Waals surface area (Å²) in [6.07, 6.45) is 0.867. The van der Waals surface area contributed by atoms with Gasteiger partial charge in [-0.2, -0.15) is 0 Å². The summed E-state index contributed by atoms with van der Waals surface area (Å²) in [5.41, 5.74) is 1.11. The van der Waals surface area contributed by atoms with Gasteiger partial charge >= 0.3 is 0 Å². The average molecular weight is 321 g/mol. The molecular weight excluding hydrogens is 304 g/mol. The molecule has 1 atom stereocenters. The summed E-state index contributed by atoms with van der Waals surface area (Å²) in [6.45, 7) is 3.95. The van der Waals surface area contributed by atoms with E-state index < -0.39 is 5.91 Å². The molecule has 2 amide bonds. The highest BCUT2D eigenvalue weighted by molar-refractivity contribution is 6.29. The van der Waals surface area contributed by atoms with E-state index in [9.17, 15) is 9.59 Å². The van der Waals surface area contributed by atoms with Gasteiger partial charge in [-0.15, -0.1) is 0 Å². The molecule has 1 aromatic heterocycles. The van der Waals surface area contributed by atoms with Crippen LogP contribution in [0.25, 0.3) is 0 Å². The predicted octanol–water partition coefficient (Wildman–Crippen LogP) is 3.71. The first-order valence-corrected chi connectivity index (χ1v) is 7.35. The van der Waals surface area contributed by atoms with Crippen molar-refractivity contribution >= 4 is 29.1 Å². The lowest BCUT2D eigenvalue weighted by Gasteiger charge is -2.11. The Morgan fingerprint density at radius 3 is 2.36 bits per heavy atom. The summed E-state index contributed by atoms with van der Waals surface area (Å²) in [5.74, 6) is -0.405. The molecular formula is C16H17ClN2O3. The van der Waals surface area contributed by atoms with Gasteiger partial charge in [-0.3, -0.25) is 9.59 Å². The van der Waals surface area contributed by atoms with E-state index in [-0.39, 0.29) is 22.9 Å². The van der Waals surface area contributed by atoms with Crippen LogP contribution >= 0.6 is 11.6 Å². The number of rotatable bonds is 5. The molecule has 116 valence electrons. The van der Waals surface area contributed by atoms with Crippen molar-refractivity contribution in [1.29, 1.82) is 0 Å². The summed E-state index contributed by atoms with van der Waals surface area (Å²) in [7, 11) is 0. The van der Waals surface area contributed by atoms with Gasteiger partial charge in [0.15, 0.2) is 11.0 Å². The summed E-state index contributed by atoms with van der Waals surface area (Å²) < 4.78 is 5.02. The molecule has 22 heavy (non-hydrogen) atoms. The summed E-state index contributed by atoms with van der Waals surface area (Å²) >= 11 is 5.63. The second-order valence-corrected chi connectivity index (χ2v) is 5.29. The SMILES string of the molecule is CCC(C)NC(=O)c1ccc(NC(=O)c2ccc(Cl)o2)cc1. The maximum atomic E-state index is 11.9. The van der Waals surface area contributed by atoms with E-state index in [0.717, 1.165) is 6.42 Å². The Balaban J connectivity index is 2.00. The van der Waals surface area contributed by atoms with Gasteiger partial charge in [0.05, 0.1) is 0 Å². The zero-order valence-electron chi connectivity index (χ0n) is 12.4. The predicted molar refractivity (Wildman–Crippen MR) is 85.3 cm³/mol. The Bertz CT molecular complexity index is 664. The number of carbonyl (C=O) groups excluding carboxylic acids is 2. The van der Waals surface area contributed by atoms with Crippen molar-refractivity contribution in [3.05, 3.63) is 52.9 Å². The van der Waals surface area contributed by atoms with Crippen LogP contribution in [0.15, 0.2) is 40.8 Å². The molecule has 2 N–H and O–H groups in total. The number of furan rings is 1. The standard InChI is InChI=1S/C16H17ClN2O3/c1-3-10(2)18-15(20)11-4-6-12(7-5-11)19-16(21)13-8-9-14(17)22-13/h4-10H,3H2,1-2H3,(H,18,20)(H,19,21). The number of amides is 2. The van der Waals surface area contributed by atoms with Crippen LogP contribution in [0.5, 0.6) is 0 Å². The lowest BCUT2D eigenvalue weighted by Crippen LogP contribution is -2.31. The zero-order chi connectivity index (χ0) is 16.1. The third kappa shape index (κ3) is 4.11. The van der Waals surface area contributed by atoms with Gasteiger partial charge in [0, 0.05) is 17.3 Å². The fourth-order valence-corrected chi connectivity index (χ4v) is 1.89. The number of hydrogen-bond donors (Lipinski definition) is 2. The zero-order valence-corrected chi connectivity index (χ0v) is 13.1. The maximum absolute atomic E-state index is 11.9. The molecule has 0 aliphatic carbocycles. The van der Waals surface area contributed by atoms with Gasteiger partial charge < -0.3 is 15.1 Å². The molecule has 0 bridgehead atoms. The molecule has 2 aromatic rings. The second-order valence-electron chi connectivity index (χ2n) is 4.92. The van der Waals surface area contributed by atoms with E-state index in [1.54, 1.807) is 24.3 Å². The molecule has 0 saturated heterocycles. The van der Waals surface area contributed by atoms with Crippen molar-refractivity contribution in [2.45, 2.75) is 26.3 Å². The highest BCUT2D eigenvalue weighted by Crippen LogP contribution is 2.16. The highest BCUT2D eigenvalue weighted by Gasteiger charge is 2.12. The fourth-order valence-electron chi connectivity index (χ4n) is 1.74. The average Bonchev–Trinajstić information content (AvgIpc) is 2.94. The van der Waals surface area contributed by atoms with Crippen molar-refractivity contribution in [3.63, 3.8) is 0 Å². The summed E-state index contributed by atoms with van der Waals surface area (Å²) in [5, 5.41) is 5.70. The van der Waals surface area contributed by atoms with E-state index in [4.69, 9.17) is 16.0 Å². The van der Waals surface area contributed by atoms with Crippen LogP contribution in [0.3, 0.4) is 0 Å². The van der Waals surface area contributed by atoms with Crippen LogP contribution in [-0.2, 0) is 0 Å². The van der Waals surface area contributed by atoms with Crippen LogP contribution in [0.4, 0.5) is 5.69 Å². The minimum Gasteiger partial charge on any atom is -0.440 e. The van der Waals surface area contributed by atoms with Crippen LogP contribution in [0, 0.1) is 0 Å². The minimum atomic E-state index is -0.399. The number of benzene rings is 1. The van der Waals surface area contributed by atoms with Crippen molar-refractivity contribution < 1.29 is 14.0 Å². The third-order valence-electron chi connectivity index (χ3n) is 3.19. The smallest absolute Gasteiger partial charge is 0.291 e. The van der Waals surface area contributed by atoms with E-state index in [1.807, 2.05) is 13.8 Å². The quantitative estimate of drug-likeness (QED) is 0.882. The largest absolute Gasteiger partial charge is 0.440 e. The molecule has 1 aromatic carbocycles. The van der Waals surface area contributed by atoms with Gasteiger partial charge in [0.2, 0.25) is 0 Å². The fraction of sp³-hybridized carbons (Fsp3) is 0.250. The molecule has 0 aliphatic heterocycles. The van der Waals surface area contributed by atoms with E-state index >= 15 is 0 Å². The normalized spacial score (nSPS) is 11.8. The Labute approximate surface area is 133 Å². The number of anilines is 1. The molecule has 2 rings (SSSR count). The molecule has 6 heteroatoms. The van der Waals surface area contributed by atoms with Gasteiger partial charge in [-0.05, 0) is 61.3 Å². The maximum Gasteiger partial charge on any atom is 0.291 e. The molecule has 0 spiro atoms. The molecule has 0 aliphatic rings. The molecule has 1 heterocycles. The van der Waals surface area contributed by atoms with Crippen molar-refractivity contribution in [2.24, 2.45) is 0 Å². The lowest BCUT2D eigenvalue weighted by molar-refractivity contribution is 0.0938. The first-order chi connectivity index (χ1) is 10.5. The van der Waals surface area contributed by atoms with E-state index in [1.165, 1.54) is 12.1 Å². The third-order valence-corrected chi connectivity index (χ3v) is 3.39. The topological polar surface area (TPSA) is 71.3 Å². The molecule has 0 fully saturated rings. The first kappa shape index (κ1) is 16.1. The van der Waals surface area contributed by atoms with Crippen LogP contribution in [0.1, 0.15) is 41.2 Å². The Morgan fingerprint density at radius 1 is 1.14 bits per heavy atom.